The number of hydrogen-bond donors (Lipinski definition) is 2. The minimum absolute atomic E-state index is 0.0890. The summed E-state index contributed by atoms with van der Waals surface area (Å²) in [4.78, 5) is 25.8. The molecule has 5 nitrogen and oxygen atoms in total. The highest BCUT2D eigenvalue weighted by Gasteiger charge is 2.16. The second-order valence-electron chi connectivity index (χ2n) is 6.81. The number of carbonyl (C=O) groups is 2. The minimum atomic E-state index is -0.440. The van der Waals surface area contributed by atoms with E-state index >= 15 is 0 Å². The number of rotatable bonds is 5. The normalized spacial score (nSPS) is 11.3. The Balaban J connectivity index is 1.65. The zero-order chi connectivity index (χ0) is 20.9. The summed E-state index contributed by atoms with van der Waals surface area (Å²) in [5.41, 5.74) is 1.21. The molecule has 0 bridgehead atoms. The van der Waals surface area contributed by atoms with E-state index < -0.39 is 5.91 Å². The molecule has 0 aliphatic rings. The van der Waals surface area contributed by atoms with Gasteiger partial charge in [0.2, 0.25) is 0 Å². The summed E-state index contributed by atoms with van der Waals surface area (Å²) in [6.07, 6.45) is 1.52. The summed E-state index contributed by atoms with van der Waals surface area (Å²) in [6, 6.07) is 25.7. The maximum atomic E-state index is 13.1. The monoisotopic (exact) mass is 396 g/mol. The summed E-state index contributed by atoms with van der Waals surface area (Å²) in [7, 11) is 0. The Morgan fingerprint density at radius 2 is 1.57 bits per heavy atom. The number of nitrogens with one attached hydrogen (secondary N) is 2. The number of amides is 2. The molecule has 0 saturated carbocycles. The lowest BCUT2D eigenvalue weighted by molar-refractivity contribution is -0.113. The molecule has 0 spiro atoms. The molecular formula is C25H20N2O3. The van der Waals surface area contributed by atoms with Gasteiger partial charge in [-0.2, -0.15) is 0 Å². The molecule has 4 aromatic rings. The van der Waals surface area contributed by atoms with E-state index in [-0.39, 0.29) is 11.6 Å². The lowest BCUT2D eigenvalue weighted by atomic mass is 10.1. The van der Waals surface area contributed by atoms with Crippen molar-refractivity contribution in [1.29, 1.82) is 0 Å². The Bertz CT molecular complexity index is 1230. The van der Waals surface area contributed by atoms with Crippen molar-refractivity contribution < 1.29 is 14.0 Å². The molecule has 3 aromatic carbocycles. The van der Waals surface area contributed by atoms with Gasteiger partial charge in [-0.15, -0.1) is 0 Å². The third-order valence-electron chi connectivity index (χ3n) is 4.61. The number of carbonyl (C=O) groups excluding carboxylic acids is 2. The first-order valence-corrected chi connectivity index (χ1v) is 9.54. The number of aryl methyl sites for hydroxylation is 1. The lowest BCUT2D eigenvalue weighted by Crippen LogP contribution is -2.30. The Morgan fingerprint density at radius 3 is 2.33 bits per heavy atom. The lowest BCUT2D eigenvalue weighted by Gasteiger charge is -2.12. The van der Waals surface area contributed by atoms with Crippen molar-refractivity contribution in [2.24, 2.45) is 0 Å². The van der Waals surface area contributed by atoms with Crippen LogP contribution in [0.25, 0.3) is 16.8 Å². The molecule has 30 heavy (non-hydrogen) atoms. The third-order valence-corrected chi connectivity index (χ3v) is 4.61. The Labute approximate surface area is 174 Å². The summed E-state index contributed by atoms with van der Waals surface area (Å²) >= 11 is 0. The topological polar surface area (TPSA) is 71.3 Å². The van der Waals surface area contributed by atoms with Gasteiger partial charge in [0.05, 0.1) is 0 Å². The van der Waals surface area contributed by atoms with Crippen LogP contribution in [0.5, 0.6) is 0 Å². The molecule has 0 unspecified atom stereocenters. The van der Waals surface area contributed by atoms with E-state index in [0.29, 0.717) is 22.8 Å². The van der Waals surface area contributed by atoms with E-state index in [2.05, 4.69) is 10.6 Å². The van der Waals surface area contributed by atoms with Gasteiger partial charge in [0.15, 0.2) is 0 Å². The summed E-state index contributed by atoms with van der Waals surface area (Å²) in [5, 5.41) is 7.54. The Kier molecular flexibility index (Phi) is 5.44. The van der Waals surface area contributed by atoms with E-state index in [1.54, 1.807) is 36.4 Å². The molecule has 2 N–H and O–H groups in total. The van der Waals surface area contributed by atoms with Crippen molar-refractivity contribution in [2.45, 2.75) is 6.92 Å². The van der Waals surface area contributed by atoms with Gasteiger partial charge >= 0.3 is 0 Å². The summed E-state index contributed by atoms with van der Waals surface area (Å²) in [6.45, 7) is 1.82. The molecule has 2 amide bonds. The fourth-order valence-electron chi connectivity index (χ4n) is 3.14. The smallest absolute Gasteiger partial charge is 0.272 e. The fraction of sp³-hybridized carbons (Fsp3) is 0.0400. The highest BCUT2D eigenvalue weighted by Crippen LogP contribution is 2.23. The van der Waals surface area contributed by atoms with Gasteiger partial charge in [-0.05, 0) is 42.6 Å². The van der Waals surface area contributed by atoms with Gasteiger partial charge in [0.1, 0.15) is 17.2 Å². The van der Waals surface area contributed by atoms with Crippen LogP contribution in [0.1, 0.15) is 21.9 Å². The SMILES string of the molecule is Cc1ccc(/C=C(/NC(=O)c2ccccc2)C(=O)Nc2cccc3ccccc23)o1. The van der Waals surface area contributed by atoms with Gasteiger partial charge in [0.25, 0.3) is 11.8 Å². The molecule has 1 heterocycles. The second kappa shape index (κ2) is 8.49. The first kappa shape index (κ1) is 19.2. The molecule has 0 atom stereocenters. The Hall–Kier alpha value is -4.12. The van der Waals surface area contributed by atoms with Gasteiger partial charge < -0.3 is 15.1 Å². The second-order valence-corrected chi connectivity index (χ2v) is 6.81. The molecule has 1 aromatic heterocycles. The number of fused-ring (bicyclic) bond motifs is 1. The molecule has 5 heteroatoms. The van der Waals surface area contributed by atoms with Crippen LogP contribution in [0.4, 0.5) is 5.69 Å². The zero-order valence-corrected chi connectivity index (χ0v) is 16.4. The molecule has 0 aliphatic heterocycles. The highest BCUT2D eigenvalue weighted by molar-refractivity contribution is 6.13. The van der Waals surface area contributed by atoms with Crippen LogP contribution < -0.4 is 10.6 Å². The Morgan fingerprint density at radius 1 is 0.833 bits per heavy atom. The molecule has 0 saturated heterocycles. The van der Waals surface area contributed by atoms with Crippen molar-refractivity contribution in [3.8, 4) is 0 Å². The molecule has 4 rings (SSSR count). The van der Waals surface area contributed by atoms with Crippen LogP contribution in [0.3, 0.4) is 0 Å². The minimum Gasteiger partial charge on any atom is -0.462 e. The van der Waals surface area contributed by atoms with Crippen LogP contribution in [0.15, 0.2) is 95.0 Å². The summed E-state index contributed by atoms with van der Waals surface area (Å²) in [5.74, 6) is 0.372. The van der Waals surface area contributed by atoms with E-state index in [1.165, 1.54) is 6.08 Å². The number of furan rings is 1. The average molecular weight is 396 g/mol. The van der Waals surface area contributed by atoms with E-state index in [9.17, 15) is 9.59 Å². The standard InChI is InChI=1S/C25H20N2O3/c1-17-14-15-20(30-17)16-23(27-24(28)19-9-3-2-4-10-19)25(29)26-22-13-7-11-18-8-5-6-12-21(18)22/h2-16H,1H3,(H,26,29)(H,27,28)/b23-16+. The van der Waals surface area contributed by atoms with Crippen LogP contribution in [-0.2, 0) is 4.79 Å². The van der Waals surface area contributed by atoms with Crippen LogP contribution in [0.2, 0.25) is 0 Å². The fourth-order valence-corrected chi connectivity index (χ4v) is 3.14. The third kappa shape index (κ3) is 4.31. The first-order chi connectivity index (χ1) is 14.6. The summed E-state index contributed by atoms with van der Waals surface area (Å²) < 4.78 is 5.56. The molecule has 0 aliphatic carbocycles. The van der Waals surface area contributed by atoms with Crippen molar-refractivity contribution in [3.05, 3.63) is 108 Å². The van der Waals surface area contributed by atoms with Crippen molar-refractivity contribution >= 4 is 34.4 Å². The predicted octanol–water partition coefficient (Wildman–Crippen LogP) is 5.15. The molecular weight excluding hydrogens is 376 g/mol. The average Bonchev–Trinajstić information content (AvgIpc) is 3.18. The van der Waals surface area contributed by atoms with Crippen molar-refractivity contribution in [2.75, 3.05) is 5.32 Å². The zero-order valence-electron chi connectivity index (χ0n) is 16.4. The van der Waals surface area contributed by atoms with Crippen molar-refractivity contribution in [3.63, 3.8) is 0 Å². The maximum absolute atomic E-state index is 13.1. The van der Waals surface area contributed by atoms with Crippen LogP contribution in [0, 0.1) is 6.92 Å². The largest absolute Gasteiger partial charge is 0.462 e. The highest BCUT2D eigenvalue weighted by atomic mass is 16.3. The van der Waals surface area contributed by atoms with E-state index in [0.717, 1.165) is 10.8 Å². The quantitative estimate of drug-likeness (QED) is 0.458. The van der Waals surface area contributed by atoms with Gasteiger partial charge in [-0.25, -0.2) is 0 Å². The van der Waals surface area contributed by atoms with Crippen LogP contribution >= 0.6 is 0 Å². The number of anilines is 1. The van der Waals surface area contributed by atoms with Gasteiger partial charge in [-0.1, -0.05) is 54.6 Å². The van der Waals surface area contributed by atoms with Crippen molar-refractivity contribution in [1.82, 2.24) is 5.32 Å². The van der Waals surface area contributed by atoms with E-state index in [1.807, 2.05) is 55.5 Å². The molecule has 0 radical (unpaired) electrons. The predicted molar refractivity (Wildman–Crippen MR) is 118 cm³/mol. The van der Waals surface area contributed by atoms with Crippen LogP contribution in [-0.4, -0.2) is 11.8 Å². The number of hydrogen-bond acceptors (Lipinski definition) is 3. The van der Waals surface area contributed by atoms with Gasteiger partial charge in [-0.3, -0.25) is 9.59 Å². The van der Waals surface area contributed by atoms with Gasteiger partial charge in [0, 0.05) is 22.7 Å². The molecule has 148 valence electrons. The van der Waals surface area contributed by atoms with E-state index in [4.69, 9.17) is 4.42 Å². The molecule has 0 fully saturated rings. The first-order valence-electron chi connectivity index (χ1n) is 9.54. The maximum Gasteiger partial charge on any atom is 0.272 e. The number of benzene rings is 3.